The lowest BCUT2D eigenvalue weighted by Crippen LogP contribution is -2.37. The van der Waals surface area contributed by atoms with Crippen LogP contribution in [-0.4, -0.2) is 92.4 Å². The SMILES string of the molecule is CC(C)(C)c1ccc(F)c(N=C=S)c1.CC1CCN(CC(=O)Cc2cc(Oc3ccc4c(c3)nc(Nc3cc(C(C)(C)C)ccc3F)n4C)ccn2)CC1.CNc1ccc(Oc2ccnc(CC(=O)CN3CCC(C)CC3)c2)cc1N. The molecule has 0 radical (unpaired) electrons. The monoisotopic (exact) mass is 1120 g/mol. The van der Waals surface area contributed by atoms with Gasteiger partial charge in [-0.3, -0.25) is 29.4 Å². The molecule has 0 saturated carbocycles. The van der Waals surface area contributed by atoms with Crippen molar-refractivity contribution >= 4 is 68.7 Å². The molecule has 0 aliphatic carbocycles. The van der Waals surface area contributed by atoms with Crippen LogP contribution in [0, 0.1) is 23.5 Å². The molecule has 0 bridgehead atoms. The molecule has 17 heteroatoms. The minimum atomic E-state index is -0.365. The number of hydrogen-bond acceptors (Lipinski definition) is 14. The third kappa shape index (κ3) is 18.0. The fraction of sp³-hybridized carbons (Fsp3) is 0.406. The summed E-state index contributed by atoms with van der Waals surface area (Å²) in [4.78, 5) is 46.6. The molecule has 428 valence electrons. The summed E-state index contributed by atoms with van der Waals surface area (Å²) in [6.07, 6.45) is 8.58. The molecule has 2 aliphatic rings. The summed E-state index contributed by atoms with van der Waals surface area (Å²) < 4.78 is 41.7. The Hall–Kier alpha value is -7.43. The van der Waals surface area contributed by atoms with E-state index in [9.17, 15) is 18.4 Å². The second kappa shape index (κ2) is 27.8. The molecule has 0 amide bonds. The highest BCUT2D eigenvalue weighted by molar-refractivity contribution is 7.78. The smallest absolute Gasteiger partial charge is 0.208 e. The Bertz CT molecular complexity index is 3330. The standard InChI is InChI=1S/C32H38FN5O2.C21H28N4O2.C11H12FNS/c1-21-11-14-38(15-12-21)20-24(39)17-23-18-26(10-13-34-23)40-25-7-9-30-29(19-25)36-31(37(30)5)35-28-16-22(32(2,3)4)6-8-27(28)33;1-15-6-9-25(10-7-15)14-17(26)11-16-12-19(5-8-24-16)27-18-3-4-21(23-2)20(22)13-18;1-11(2,3)8-4-5-9(12)10(6-8)13-7-14/h6-10,13,16,18-19,21H,11-12,14-15,17,20H2,1-5H3,(H,35,36);3-5,8,12-13,15,23H,6-7,9-11,14,22H2,1-2H3;4-6H,1-3H3. The molecule has 2 fully saturated rings. The molecule has 4 aromatic carbocycles. The first-order valence-electron chi connectivity index (χ1n) is 27.8. The molecule has 2 aliphatic heterocycles. The summed E-state index contributed by atoms with van der Waals surface area (Å²) in [6, 6.07) is 28.3. The van der Waals surface area contributed by atoms with Crippen LogP contribution in [0.4, 0.5) is 37.5 Å². The van der Waals surface area contributed by atoms with Crippen molar-refractivity contribution in [2.45, 2.75) is 105 Å². The highest BCUT2D eigenvalue weighted by Crippen LogP contribution is 2.33. The van der Waals surface area contributed by atoms with Gasteiger partial charge in [-0.15, -0.1) is 0 Å². The zero-order chi connectivity index (χ0) is 58.4. The summed E-state index contributed by atoms with van der Waals surface area (Å²) in [7, 11) is 3.71. The lowest BCUT2D eigenvalue weighted by Gasteiger charge is -2.29. The number of nitrogens with zero attached hydrogens (tertiary/aromatic N) is 7. The number of aliphatic imine (C=N–C) groups is 1. The third-order valence-electron chi connectivity index (χ3n) is 14.6. The molecular weight excluding hydrogens is 1040 g/mol. The molecule has 0 spiro atoms. The number of nitrogens with one attached hydrogen (secondary N) is 2. The molecule has 9 rings (SSSR count). The number of piperidine rings is 2. The van der Waals surface area contributed by atoms with Gasteiger partial charge in [0.25, 0.3) is 0 Å². The summed E-state index contributed by atoms with van der Waals surface area (Å²) in [6.45, 7) is 22.0. The second-order valence-electron chi connectivity index (χ2n) is 23.4. The number of likely N-dealkylation sites (tertiary alicyclic amines) is 2. The molecule has 14 nitrogen and oxygen atoms in total. The number of imidazole rings is 1. The van der Waals surface area contributed by atoms with E-state index < -0.39 is 0 Å². The number of hydrogen-bond donors (Lipinski definition) is 3. The lowest BCUT2D eigenvalue weighted by molar-refractivity contribution is -0.120. The van der Waals surface area contributed by atoms with Crippen molar-refractivity contribution in [3.8, 4) is 23.0 Å². The van der Waals surface area contributed by atoms with Crippen molar-refractivity contribution in [2.24, 2.45) is 23.9 Å². The van der Waals surface area contributed by atoms with Crippen LogP contribution in [0.5, 0.6) is 23.0 Å². The predicted octanol–water partition coefficient (Wildman–Crippen LogP) is 14.0. The van der Waals surface area contributed by atoms with Crippen molar-refractivity contribution in [3.05, 3.63) is 144 Å². The molecule has 0 atom stereocenters. The summed E-state index contributed by atoms with van der Waals surface area (Å²) in [5.41, 5.74) is 13.1. The Morgan fingerprint density at radius 2 is 1.17 bits per heavy atom. The number of halogens is 2. The van der Waals surface area contributed by atoms with Gasteiger partial charge in [0.1, 0.15) is 40.3 Å². The molecule has 81 heavy (non-hydrogen) atoms. The van der Waals surface area contributed by atoms with Crippen LogP contribution >= 0.6 is 12.2 Å². The van der Waals surface area contributed by atoms with E-state index in [-0.39, 0.29) is 46.1 Å². The van der Waals surface area contributed by atoms with Gasteiger partial charge in [0, 0.05) is 50.8 Å². The number of anilines is 4. The van der Waals surface area contributed by atoms with Crippen molar-refractivity contribution in [3.63, 3.8) is 0 Å². The fourth-order valence-electron chi connectivity index (χ4n) is 9.47. The van der Waals surface area contributed by atoms with Crippen molar-refractivity contribution in [1.82, 2.24) is 29.3 Å². The number of pyridine rings is 2. The predicted molar refractivity (Wildman–Crippen MR) is 325 cm³/mol. The lowest BCUT2D eigenvalue weighted by atomic mass is 9.87. The number of thiocarbonyl (C=S) groups is 1. The summed E-state index contributed by atoms with van der Waals surface area (Å²) >= 11 is 4.45. The highest BCUT2D eigenvalue weighted by Gasteiger charge is 2.22. The Kier molecular flexibility index (Phi) is 21.0. The van der Waals surface area contributed by atoms with Gasteiger partial charge in [-0.2, -0.15) is 4.99 Å². The number of nitrogens with two attached hydrogens (primary N) is 1. The highest BCUT2D eigenvalue weighted by atomic mass is 32.1. The van der Waals surface area contributed by atoms with Crippen molar-refractivity contribution < 1.29 is 27.8 Å². The van der Waals surface area contributed by atoms with Gasteiger partial charge in [0.2, 0.25) is 5.95 Å². The van der Waals surface area contributed by atoms with E-state index in [2.05, 4.69) is 108 Å². The van der Waals surface area contributed by atoms with E-state index in [1.165, 1.54) is 25.0 Å². The molecule has 3 aromatic heterocycles. The fourth-order valence-corrected chi connectivity index (χ4v) is 9.57. The number of ether oxygens (including phenoxy) is 2. The normalized spacial score (nSPS) is 14.4. The number of nitrogen functional groups attached to an aromatic ring is 1. The van der Waals surface area contributed by atoms with Gasteiger partial charge < -0.3 is 30.4 Å². The zero-order valence-electron chi connectivity index (χ0n) is 48.5. The number of fused-ring (bicyclic) bond motifs is 1. The van der Waals surface area contributed by atoms with Gasteiger partial charge in [0.15, 0.2) is 11.6 Å². The summed E-state index contributed by atoms with van der Waals surface area (Å²) in [5.74, 6) is 4.22. The molecule has 0 unspecified atom stereocenters. The van der Waals surface area contributed by atoms with Crippen LogP contribution < -0.4 is 25.8 Å². The molecule has 7 aromatic rings. The minimum absolute atomic E-state index is 0.0145. The molecular formula is C64H78F2N10O4S. The quantitative estimate of drug-likeness (QED) is 0.0476. The second-order valence-corrected chi connectivity index (χ2v) is 23.5. The molecule has 4 N–H and O–H groups in total. The largest absolute Gasteiger partial charge is 0.457 e. The first-order chi connectivity index (χ1) is 38.5. The number of isothiocyanates is 1. The van der Waals surface area contributed by atoms with Gasteiger partial charge in [-0.05, 0) is 159 Å². The number of aromatic nitrogens is 4. The first-order valence-corrected chi connectivity index (χ1v) is 28.2. The van der Waals surface area contributed by atoms with Crippen molar-refractivity contribution in [2.75, 3.05) is 62.7 Å². The van der Waals surface area contributed by atoms with Crippen LogP contribution in [0.3, 0.4) is 0 Å². The number of carbonyl (C=O) groups excluding carboxylic acids is 2. The van der Waals surface area contributed by atoms with Gasteiger partial charge in [0.05, 0.1) is 70.6 Å². The van der Waals surface area contributed by atoms with E-state index in [0.29, 0.717) is 65.5 Å². The zero-order valence-corrected chi connectivity index (χ0v) is 49.4. The Morgan fingerprint density at radius 1 is 0.679 bits per heavy atom. The van der Waals surface area contributed by atoms with Crippen LogP contribution in [0.15, 0.2) is 114 Å². The van der Waals surface area contributed by atoms with Gasteiger partial charge in [-0.1, -0.05) is 67.5 Å². The number of carbonyl (C=O) groups is 2. The first kappa shape index (κ1) is 61.2. The summed E-state index contributed by atoms with van der Waals surface area (Å²) in [5, 5.41) is 8.35. The minimum Gasteiger partial charge on any atom is -0.457 e. The number of aryl methyl sites for hydroxylation is 1. The van der Waals surface area contributed by atoms with E-state index in [4.69, 9.17) is 20.2 Å². The average molecular weight is 1120 g/mol. The van der Waals surface area contributed by atoms with Crippen LogP contribution in [0.25, 0.3) is 11.0 Å². The van der Waals surface area contributed by atoms with Crippen molar-refractivity contribution in [1.29, 1.82) is 0 Å². The number of benzene rings is 4. The molecule has 5 heterocycles. The Morgan fingerprint density at radius 3 is 1.68 bits per heavy atom. The van der Waals surface area contributed by atoms with Crippen LogP contribution in [0.1, 0.15) is 104 Å². The number of ketones is 2. The maximum absolute atomic E-state index is 14.6. The maximum atomic E-state index is 14.6. The van der Waals surface area contributed by atoms with E-state index in [1.54, 1.807) is 42.7 Å². The van der Waals surface area contributed by atoms with E-state index >= 15 is 0 Å². The van der Waals surface area contributed by atoms with E-state index in [1.807, 2.05) is 73.3 Å². The number of Topliss-reactive ketones (excluding diaryl/α,β-unsaturated/α-hetero) is 2. The van der Waals surface area contributed by atoms with Gasteiger partial charge in [-0.25, -0.2) is 13.8 Å². The topological polar surface area (TPSA) is 165 Å². The maximum Gasteiger partial charge on any atom is 0.208 e. The Balaban J connectivity index is 0.000000198. The Labute approximate surface area is 481 Å². The molecule has 2 saturated heterocycles. The average Bonchev–Trinajstić information content (AvgIpc) is 4.03. The van der Waals surface area contributed by atoms with Gasteiger partial charge >= 0.3 is 0 Å². The van der Waals surface area contributed by atoms with E-state index in [0.717, 1.165) is 84.4 Å². The number of rotatable bonds is 16. The third-order valence-corrected chi connectivity index (χ3v) is 14.6. The van der Waals surface area contributed by atoms with Crippen LogP contribution in [0.2, 0.25) is 0 Å². The van der Waals surface area contributed by atoms with Crippen LogP contribution in [-0.2, 0) is 40.3 Å².